The van der Waals surface area contributed by atoms with Crippen LogP contribution in [0.5, 0.6) is 0 Å². The van der Waals surface area contributed by atoms with Crippen molar-refractivity contribution in [2.45, 2.75) is 27.7 Å². The summed E-state index contributed by atoms with van der Waals surface area (Å²) in [7, 11) is 0. The summed E-state index contributed by atoms with van der Waals surface area (Å²) in [4.78, 5) is 8.78. The highest BCUT2D eigenvalue weighted by Crippen LogP contribution is 2.26. The van der Waals surface area contributed by atoms with Crippen LogP contribution in [0.4, 0.5) is 11.5 Å². The average molecular weight is 277 g/mol. The molecule has 0 spiro atoms. The van der Waals surface area contributed by atoms with Crippen LogP contribution >= 0.6 is 0 Å². The van der Waals surface area contributed by atoms with Gasteiger partial charge in [-0.3, -0.25) is 0 Å². The quantitative estimate of drug-likeness (QED) is 0.743. The van der Waals surface area contributed by atoms with Crippen LogP contribution in [0.15, 0.2) is 36.7 Å². The molecule has 0 bridgehead atoms. The standard InChI is InChI=1S/C18H19N3/c1-11-5-12(2)7-15(6-11)21-18-16-8-13(3)14(4)9-17(16)19-10-20-18/h5-10H,1-4H3,(H,19,20,21). The van der Waals surface area contributed by atoms with E-state index in [0.717, 1.165) is 22.4 Å². The molecule has 0 saturated carbocycles. The smallest absolute Gasteiger partial charge is 0.141 e. The maximum atomic E-state index is 4.41. The minimum Gasteiger partial charge on any atom is -0.340 e. The van der Waals surface area contributed by atoms with E-state index in [1.807, 2.05) is 0 Å². The zero-order valence-corrected chi connectivity index (χ0v) is 12.9. The molecular formula is C18H19N3. The summed E-state index contributed by atoms with van der Waals surface area (Å²) in [5.74, 6) is 0.855. The van der Waals surface area contributed by atoms with Gasteiger partial charge in [-0.05, 0) is 74.2 Å². The van der Waals surface area contributed by atoms with E-state index in [4.69, 9.17) is 0 Å². The topological polar surface area (TPSA) is 37.8 Å². The van der Waals surface area contributed by atoms with Gasteiger partial charge in [-0.2, -0.15) is 0 Å². The lowest BCUT2D eigenvalue weighted by Crippen LogP contribution is -1.97. The molecule has 1 aromatic heterocycles. The van der Waals surface area contributed by atoms with Crippen LogP contribution in [-0.4, -0.2) is 9.97 Å². The van der Waals surface area contributed by atoms with Crippen LogP contribution in [0.2, 0.25) is 0 Å². The van der Waals surface area contributed by atoms with E-state index in [9.17, 15) is 0 Å². The van der Waals surface area contributed by atoms with Crippen molar-refractivity contribution in [2.75, 3.05) is 5.32 Å². The second-order valence-electron chi connectivity index (χ2n) is 5.68. The van der Waals surface area contributed by atoms with Gasteiger partial charge in [0, 0.05) is 11.1 Å². The number of rotatable bonds is 2. The lowest BCUT2D eigenvalue weighted by atomic mass is 10.1. The fourth-order valence-electron chi connectivity index (χ4n) is 2.60. The molecule has 3 nitrogen and oxygen atoms in total. The number of fused-ring (bicyclic) bond motifs is 1. The van der Waals surface area contributed by atoms with E-state index in [-0.39, 0.29) is 0 Å². The second kappa shape index (κ2) is 5.17. The molecule has 0 fully saturated rings. The molecule has 0 aliphatic rings. The maximum absolute atomic E-state index is 4.41. The van der Waals surface area contributed by atoms with Gasteiger partial charge in [0.25, 0.3) is 0 Å². The highest BCUT2D eigenvalue weighted by atomic mass is 15.0. The lowest BCUT2D eigenvalue weighted by Gasteiger charge is -2.11. The molecule has 3 heteroatoms. The highest BCUT2D eigenvalue weighted by molar-refractivity contribution is 5.91. The molecule has 0 saturated heterocycles. The highest BCUT2D eigenvalue weighted by Gasteiger charge is 2.06. The third-order valence-corrected chi connectivity index (χ3v) is 3.74. The van der Waals surface area contributed by atoms with Gasteiger partial charge < -0.3 is 5.32 Å². The van der Waals surface area contributed by atoms with E-state index >= 15 is 0 Å². The molecule has 0 atom stereocenters. The summed E-state index contributed by atoms with van der Waals surface area (Å²) in [6.07, 6.45) is 1.61. The normalized spacial score (nSPS) is 10.9. The van der Waals surface area contributed by atoms with Crippen molar-refractivity contribution in [1.82, 2.24) is 9.97 Å². The van der Waals surface area contributed by atoms with Gasteiger partial charge in [-0.15, -0.1) is 0 Å². The predicted octanol–water partition coefficient (Wildman–Crippen LogP) is 4.61. The Morgan fingerprint density at radius 3 is 2.14 bits per heavy atom. The number of aromatic nitrogens is 2. The fourth-order valence-corrected chi connectivity index (χ4v) is 2.60. The first-order chi connectivity index (χ1) is 10.0. The van der Waals surface area contributed by atoms with Crippen molar-refractivity contribution in [3.05, 3.63) is 58.9 Å². The van der Waals surface area contributed by atoms with Crippen LogP contribution in [0.1, 0.15) is 22.3 Å². The fraction of sp³-hybridized carbons (Fsp3) is 0.222. The third-order valence-electron chi connectivity index (χ3n) is 3.74. The first kappa shape index (κ1) is 13.6. The first-order valence-electron chi connectivity index (χ1n) is 7.10. The maximum Gasteiger partial charge on any atom is 0.141 e. The molecule has 3 aromatic rings. The van der Waals surface area contributed by atoms with Gasteiger partial charge in [0.05, 0.1) is 5.52 Å². The van der Waals surface area contributed by atoms with Gasteiger partial charge in [0.2, 0.25) is 0 Å². The van der Waals surface area contributed by atoms with Gasteiger partial charge in [0.1, 0.15) is 12.1 Å². The van der Waals surface area contributed by atoms with E-state index in [1.165, 1.54) is 22.3 Å². The van der Waals surface area contributed by atoms with Crippen LogP contribution in [-0.2, 0) is 0 Å². The molecule has 0 aliphatic carbocycles. The molecular weight excluding hydrogens is 258 g/mol. The number of benzene rings is 2. The minimum absolute atomic E-state index is 0.855. The monoisotopic (exact) mass is 277 g/mol. The number of hydrogen-bond donors (Lipinski definition) is 1. The Hall–Kier alpha value is -2.42. The zero-order valence-electron chi connectivity index (χ0n) is 12.9. The summed E-state index contributed by atoms with van der Waals surface area (Å²) in [6.45, 7) is 8.42. The van der Waals surface area contributed by atoms with E-state index in [2.05, 4.69) is 73.3 Å². The lowest BCUT2D eigenvalue weighted by molar-refractivity contribution is 1.21. The Bertz CT molecular complexity index is 802. The van der Waals surface area contributed by atoms with Crippen molar-refractivity contribution < 1.29 is 0 Å². The number of nitrogens with zero attached hydrogens (tertiary/aromatic N) is 2. The predicted molar refractivity (Wildman–Crippen MR) is 88.2 cm³/mol. The van der Waals surface area contributed by atoms with Crippen molar-refractivity contribution in [3.63, 3.8) is 0 Å². The van der Waals surface area contributed by atoms with Gasteiger partial charge in [-0.1, -0.05) is 6.07 Å². The number of anilines is 2. The third kappa shape index (κ3) is 2.72. The van der Waals surface area contributed by atoms with Crippen LogP contribution in [0.25, 0.3) is 10.9 Å². The largest absolute Gasteiger partial charge is 0.340 e. The van der Waals surface area contributed by atoms with E-state index < -0.39 is 0 Å². The van der Waals surface area contributed by atoms with Crippen molar-refractivity contribution in [2.24, 2.45) is 0 Å². The van der Waals surface area contributed by atoms with Gasteiger partial charge in [0.15, 0.2) is 0 Å². The molecule has 0 amide bonds. The molecule has 1 heterocycles. The van der Waals surface area contributed by atoms with Crippen LogP contribution < -0.4 is 5.32 Å². The molecule has 106 valence electrons. The van der Waals surface area contributed by atoms with E-state index in [1.54, 1.807) is 6.33 Å². The Morgan fingerprint density at radius 1 is 0.762 bits per heavy atom. The molecule has 1 N–H and O–H groups in total. The summed E-state index contributed by atoms with van der Waals surface area (Å²) < 4.78 is 0. The Balaban J connectivity index is 2.10. The Labute approximate surface area is 125 Å². The molecule has 2 aromatic carbocycles. The van der Waals surface area contributed by atoms with Crippen molar-refractivity contribution >= 4 is 22.4 Å². The van der Waals surface area contributed by atoms with Crippen molar-refractivity contribution in [1.29, 1.82) is 0 Å². The number of hydrogen-bond acceptors (Lipinski definition) is 3. The SMILES string of the molecule is Cc1cc(C)cc(Nc2ncnc3cc(C)c(C)cc23)c1. The Kier molecular flexibility index (Phi) is 3.34. The van der Waals surface area contributed by atoms with Gasteiger partial charge >= 0.3 is 0 Å². The number of aryl methyl sites for hydroxylation is 4. The van der Waals surface area contributed by atoms with Crippen LogP contribution in [0, 0.1) is 27.7 Å². The van der Waals surface area contributed by atoms with Crippen molar-refractivity contribution in [3.8, 4) is 0 Å². The first-order valence-corrected chi connectivity index (χ1v) is 7.10. The molecule has 3 rings (SSSR count). The summed E-state index contributed by atoms with van der Waals surface area (Å²) in [6, 6.07) is 10.7. The summed E-state index contributed by atoms with van der Waals surface area (Å²) in [5.41, 5.74) is 7.01. The molecule has 0 aliphatic heterocycles. The number of nitrogens with one attached hydrogen (secondary N) is 1. The second-order valence-corrected chi connectivity index (χ2v) is 5.68. The molecule has 21 heavy (non-hydrogen) atoms. The van der Waals surface area contributed by atoms with E-state index in [0.29, 0.717) is 0 Å². The van der Waals surface area contributed by atoms with Crippen LogP contribution in [0.3, 0.4) is 0 Å². The summed E-state index contributed by atoms with van der Waals surface area (Å²) in [5, 5.41) is 4.48. The summed E-state index contributed by atoms with van der Waals surface area (Å²) >= 11 is 0. The Morgan fingerprint density at radius 2 is 1.43 bits per heavy atom. The zero-order chi connectivity index (χ0) is 15.0. The molecule has 0 unspecified atom stereocenters. The van der Waals surface area contributed by atoms with Gasteiger partial charge in [-0.25, -0.2) is 9.97 Å². The average Bonchev–Trinajstić information content (AvgIpc) is 2.40. The minimum atomic E-state index is 0.855. The molecule has 0 radical (unpaired) electrons.